The van der Waals surface area contributed by atoms with Crippen molar-refractivity contribution in [2.75, 3.05) is 26.4 Å². The molecule has 0 spiro atoms. The van der Waals surface area contributed by atoms with Crippen LogP contribution in [0, 0.1) is 0 Å². The first kappa shape index (κ1) is 23.9. The molecule has 0 saturated heterocycles. The first-order valence-corrected chi connectivity index (χ1v) is 8.56. The zero-order valence-corrected chi connectivity index (χ0v) is 14.3. The molecular weight excluding hydrogens is 376 g/mol. The molecule has 1 aromatic carbocycles. The molecule has 0 aliphatic heterocycles. The van der Waals surface area contributed by atoms with Gasteiger partial charge in [0, 0.05) is 13.2 Å². The zero-order valence-electron chi connectivity index (χ0n) is 13.5. The molecule has 0 amide bonds. The Morgan fingerprint density at radius 1 is 0.769 bits per heavy atom. The van der Waals surface area contributed by atoms with Crippen LogP contribution in [0.2, 0.25) is 0 Å². The fourth-order valence-electron chi connectivity index (χ4n) is 2.13. The minimum atomic E-state index is -5.16. The van der Waals surface area contributed by atoms with E-state index in [1.807, 2.05) is 0 Å². The van der Waals surface area contributed by atoms with E-state index in [-0.39, 0.29) is 37.2 Å². The lowest BCUT2D eigenvalue weighted by atomic mass is 9.94. The predicted octanol–water partition coefficient (Wildman–Crippen LogP) is -1.63. The Balaban J connectivity index is 0.00000141. The Kier molecular flexibility index (Phi) is 9.93. The summed E-state index contributed by atoms with van der Waals surface area (Å²) in [6.07, 6.45) is -0.523. The van der Waals surface area contributed by atoms with Crippen LogP contribution in [0.15, 0.2) is 11.0 Å². The second-order valence-electron chi connectivity index (χ2n) is 4.75. The number of aliphatic hydroxyl groups is 4. The predicted molar refractivity (Wildman–Crippen MR) is 85.9 cm³/mol. The number of rotatable bonds is 8. The molecule has 0 unspecified atom stereocenters. The van der Waals surface area contributed by atoms with E-state index in [1.165, 1.54) is 0 Å². The number of aromatic carboxylic acids is 2. The Morgan fingerprint density at radius 3 is 1.31 bits per heavy atom. The number of carboxylic acid groups (broad SMARTS) is 2. The van der Waals surface area contributed by atoms with E-state index in [0.29, 0.717) is 0 Å². The second kappa shape index (κ2) is 10.8. The van der Waals surface area contributed by atoms with Gasteiger partial charge in [-0.3, -0.25) is 4.55 Å². The highest BCUT2D eigenvalue weighted by Crippen LogP contribution is 2.29. The molecule has 0 aliphatic rings. The summed E-state index contributed by atoms with van der Waals surface area (Å²) in [4.78, 5) is 21.4. The molecule has 0 atom stereocenters. The number of benzene rings is 1. The van der Waals surface area contributed by atoms with Crippen LogP contribution in [0.5, 0.6) is 0 Å². The van der Waals surface area contributed by atoms with Crippen LogP contribution < -0.4 is 0 Å². The summed E-state index contributed by atoms with van der Waals surface area (Å²) >= 11 is 0. The van der Waals surface area contributed by atoms with E-state index in [1.54, 1.807) is 0 Å². The highest BCUT2D eigenvalue weighted by Gasteiger charge is 2.32. The van der Waals surface area contributed by atoms with Crippen molar-refractivity contribution in [3.63, 3.8) is 0 Å². The fourth-order valence-corrected chi connectivity index (χ4v) is 3.09. The lowest BCUT2D eigenvalue weighted by Crippen LogP contribution is -2.20. The van der Waals surface area contributed by atoms with E-state index in [2.05, 4.69) is 0 Å². The first-order valence-electron chi connectivity index (χ1n) is 7.12. The summed E-state index contributed by atoms with van der Waals surface area (Å²) in [5, 5.41) is 51.5. The lowest BCUT2D eigenvalue weighted by Gasteiger charge is -2.16. The maximum atomic E-state index is 11.5. The van der Waals surface area contributed by atoms with Gasteiger partial charge in [0.25, 0.3) is 10.1 Å². The molecule has 26 heavy (non-hydrogen) atoms. The molecule has 0 fully saturated rings. The van der Waals surface area contributed by atoms with Gasteiger partial charge < -0.3 is 30.6 Å². The summed E-state index contributed by atoms with van der Waals surface area (Å²) in [6.45, 7) is -1.29. The number of hydrogen-bond donors (Lipinski definition) is 7. The van der Waals surface area contributed by atoms with Crippen LogP contribution in [0.25, 0.3) is 0 Å². The molecule has 0 aromatic heterocycles. The Bertz CT molecular complexity index is 696. The Labute approximate surface area is 148 Å². The number of carbonyl (C=O) groups is 2. The third kappa shape index (κ3) is 6.33. The topological polar surface area (TPSA) is 210 Å². The van der Waals surface area contributed by atoms with Gasteiger partial charge in [-0.1, -0.05) is 6.07 Å². The average Bonchev–Trinajstić information content (AvgIpc) is 2.53. The number of carboxylic acids is 2. The molecule has 0 radical (unpaired) electrons. The fraction of sp³-hybridized carbons (Fsp3) is 0.429. The van der Waals surface area contributed by atoms with Gasteiger partial charge in [0.15, 0.2) is 0 Å². The van der Waals surface area contributed by atoms with Crippen molar-refractivity contribution in [3.8, 4) is 0 Å². The van der Waals surface area contributed by atoms with Gasteiger partial charge in [0.1, 0.15) is 4.90 Å². The molecule has 7 N–H and O–H groups in total. The standard InChI is InChI=1S/C12H14O9S.C2H6O2/c13-3-1-6-5-7(2-4-14)9(12(17)18)10(22(19,20)21)8(6)11(15)16;3-1-2-4/h5,13-14H,1-4H2,(H,15,16)(H,17,18)(H,19,20,21);3-4H,1-2H2. The van der Waals surface area contributed by atoms with E-state index in [4.69, 9.17) is 30.6 Å². The van der Waals surface area contributed by atoms with Crippen LogP contribution >= 0.6 is 0 Å². The van der Waals surface area contributed by atoms with E-state index in [0.717, 1.165) is 6.07 Å². The van der Waals surface area contributed by atoms with Crippen molar-refractivity contribution in [3.05, 3.63) is 28.3 Å². The molecular formula is C14H20O11S. The van der Waals surface area contributed by atoms with Gasteiger partial charge in [-0.2, -0.15) is 8.42 Å². The Morgan fingerprint density at radius 2 is 1.12 bits per heavy atom. The summed E-state index contributed by atoms with van der Waals surface area (Å²) < 4.78 is 32.3. The van der Waals surface area contributed by atoms with E-state index in [9.17, 15) is 22.6 Å². The summed E-state index contributed by atoms with van der Waals surface area (Å²) in [7, 11) is -5.16. The van der Waals surface area contributed by atoms with Gasteiger partial charge in [-0.15, -0.1) is 0 Å². The van der Waals surface area contributed by atoms with Gasteiger partial charge in [0.05, 0.1) is 24.3 Å². The van der Waals surface area contributed by atoms with Crippen molar-refractivity contribution in [1.82, 2.24) is 0 Å². The van der Waals surface area contributed by atoms with Crippen molar-refractivity contribution < 1.29 is 53.2 Å². The highest BCUT2D eigenvalue weighted by molar-refractivity contribution is 7.86. The SMILES string of the molecule is O=C(O)c1c(CCO)cc(CCO)c(C(=O)O)c1S(=O)(=O)O.OCCO. The second-order valence-corrected chi connectivity index (χ2v) is 6.11. The van der Waals surface area contributed by atoms with Crippen molar-refractivity contribution in [1.29, 1.82) is 0 Å². The third-order valence-electron chi connectivity index (χ3n) is 2.99. The van der Waals surface area contributed by atoms with Gasteiger partial charge in [0.2, 0.25) is 0 Å². The minimum Gasteiger partial charge on any atom is -0.478 e. The molecule has 1 rings (SSSR count). The third-order valence-corrected chi connectivity index (χ3v) is 3.92. The molecule has 1 aromatic rings. The number of aliphatic hydroxyl groups excluding tert-OH is 4. The summed E-state index contributed by atoms with van der Waals surface area (Å²) in [5.41, 5.74) is -2.13. The molecule has 0 bridgehead atoms. The Hall–Kier alpha value is -2.09. The zero-order chi connectivity index (χ0) is 20.5. The van der Waals surface area contributed by atoms with Gasteiger partial charge >= 0.3 is 11.9 Å². The van der Waals surface area contributed by atoms with E-state index >= 15 is 0 Å². The van der Waals surface area contributed by atoms with Crippen molar-refractivity contribution >= 4 is 22.1 Å². The average molecular weight is 396 g/mol. The molecule has 0 aliphatic carbocycles. The smallest absolute Gasteiger partial charge is 0.337 e. The maximum Gasteiger partial charge on any atom is 0.337 e. The van der Waals surface area contributed by atoms with Crippen LogP contribution in [-0.2, 0) is 23.0 Å². The molecule has 0 saturated carbocycles. The number of hydrogen-bond acceptors (Lipinski definition) is 8. The first-order chi connectivity index (χ1) is 12.1. The monoisotopic (exact) mass is 396 g/mol. The van der Waals surface area contributed by atoms with E-state index < -0.39 is 51.3 Å². The van der Waals surface area contributed by atoms with Crippen LogP contribution in [0.3, 0.4) is 0 Å². The summed E-state index contributed by atoms with van der Waals surface area (Å²) in [6, 6.07) is 1.09. The minimum absolute atomic E-state index is 0.125. The van der Waals surface area contributed by atoms with Crippen LogP contribution in [-0.4, -0.2) is 82.0 Å². The summed E-state index contributed by atoms with van der Waals surface area (Å²) in [5.74, 6) is -3.51. The largest absolute Gasteiger partial charge is 0.478 e. The molecule has 12 heteroatoms. The van der Waals surface area contributed by atoms with Gasteiger partial charge in [-0.25, -0.2) is 9.59 Å². The maximum absolute atomic E-state index is 11.5. The van der Waals surface area contributed by atoms with Crippen molar-refractivity contribution in [2.45, 2.75) is 17.7 Å². The van der Waals surface area contributed by atoms with Gasteiger partial charge in [-0.05, 0) is 24.0 Å². The van der Waals surface area contributed by atoms with Crippen LogP contribution in [0.1, 0.15) is 31.8 Å². The lowest BCUT2D eigenvalue weighted by molar-refractivity contribution is 0.0686. The van der Waals surface area contributed by atoms with Crippen LogP contribution in [0.4, 0.5) is 0 Å². The quantitative estimate of drug-likeness (QED) is 0.248. The molecule has 11 nitrogen and oxygen atoms in total. The van der Waals surface area contributed by atoms with Crippen molar-refractivity contribution in [2.24, 2.45) is 0 Å². The molecule has 148 valence electrons. The normalized spacial score (nSPS) is 10.8. The molecule has 0 heterocycles. The highest BCUT2D eigenvalue weighted by atomic mass is 32.2.